The molecule has 5 heteroatoms. The van der Waals surface area contributed by atoms with E-state index in [0.29, 0.717) is 16.1 Å². The molecule has 3 rings (SSSR count). The average molecular weight is 299 g/mol. The van der Waals surface area contributed by atoms with Crippen LogP contribution in [0, 0.1) is 0 Å². The third kappa shape index (κ3) is 2.15. The molecule has 2 nitrogen and oxygen atoms in total. The number of rotatable bonds is 2. The molecule has 0 spiro atoms. The van der Waals surface area contributed by atoms with Crippen molar-refractivity contribution in [1.82, 2.24) is 9.55 Å². The molecular weight excluding hydrogens is 287 g/mol. The number of halogens is 2. The number of hydrogen-bond donors (Lipinski definition) is 0. The second-order valence-corrected chi connectivity index (χ2v) is 6.24. The summed E-state index contributed by atoms with van der Waals surface area (Å²) in [6.07, 6.45) is 5.01. The first-order valence-corrected chi connectivity index (χ1v) is 7.73. The molecule has 0 saturated carbocycles. The van der Waals surface area contributed by atoms with Crippen LogP contribution in [-0.4, -0.2) is 21.1 Å². The van der Waals surface area contributed by atoms with Gasteiger partial charge in [-0.25, -0.2) is 4.98 Å². The van der Waals surface area contributed by atoms with E-state index in [-0.39, 0.29) is 0 Å². The molecule has 2 heterocycles. The Bertz CT molecular complexity index is 542. The molecule has 94 valence electrons. The van der Waals surface area contributed by atoms with Crippen molar-refractivity contribution in [1.29, 1.82) is 0 Å². The Labute approximate surface area is 120 Å². The van der Waals surface area contributed by atoms with Gasteiger partial charge in [0.15, 0.2) is 0 Å². The lowest BCUT2D eigenvalue weighted by Gasteiger charge is -2.15. The van der Waals surface area contributed by atoms with Crippen molar-refractivity contribution in [2.45, 2.75) is 12.5 Å². The van der Waals surface area contributed by atoms with Gasteiger partial charge in [0.25, 0.3) is 0 Å². The van der Waals surface area contributed by atoms with Crippen LogP contribution in [0.2, 0.25) is 10.0 Å². The van der Waals surface area contributed by atoms with Gasteiger partial charge in [-0.1, -0.05) is 29.3 Å². The van der Waals surface area contributed by atoms with Crippen molar-refractivity contribution in [3.8, 4) is 11.4 Å². The fourth-order valence-electron chi connectivity index (χ4n) is 2.25. The lowest BCUT2D eigenvalue weighted by atomic mass is 10.2. The molecule has 1 aliphatic rings. The summed E-state index contributed by atoms with van der Waals surface area (Å²) >= 11 is 14.5. The summed E-state index contributed by atoms with van der Waals surface area (Å²) in [4.78, 5) is 4.44. The predicted molar refractivity (Wildman–Crippen MR) is 78.7 cm³/mol. The Morgan fingerprint density at radius 2 is 2.06 bits per heavy atom. The van der Waals surface area contributed by atoms with Gasteiger partial charge in [-0.05, 0) is 24.3 Å². The van der Waals surface area contributed by atoms with E-state index in [9.17, 15) is 0 Å². The highest BCUT2D eigenvalue weighted by atomic mass is 35.5. The summed E-state index contributed by atoms with van der Waals surface area (Å²) in [5.74, 6) is 3.21. The van der Waals surface area contributed by atoms with Crippen LogP contribution >= 0.6 is 35.0 Å². The molecule has 0 N–H and O–H groups in total. The minimum Gasteiger partial charge on any atom is -0.327 e. The molecule has 0 radical (unpaired) electrons. The number of benzene rings is 1. The van der Waals surface area contributed by atoms with E-state index in [1.165, 1.54) is 12.2 Å². The van der Waals surface area contributed by atoms with Gasteiger partial charge < -0.3 is 4.57 Å². The quantitative estimate of drug-likeness (QED) is 0.810. The number of hydrogen-bond acceptors (Lipinski definition) is 2. The first-order valence-electron chi connectivity index (χ1n) is 5.82. The topological polar surface area (TPSA) is 17.8 Å². The standard InChI is InChI=1S/C13H12Cl2N2S/c14-10-2-1-3-11(15)12(10)13-16-5-6-17(13)9-4-7-18-8-9/h1-3,5-6,9H,4,7-8H2/t9-/m1/s1. The molecule has 1 saturated heterocycles. The lowest BCUT2D eigenvalue weighted by molar-refractivity contribution is 0.566. The minimum absolute atomic E-state index is 0.500. The van der Waals surface area contributed by atoms with Crippen LogP contribution in [0.5, 0.6) is 0 Å². The monoisotopic (exact) mass is 298 g/mol. The molecule has 1 aromatic carbocycles. The Kier molecular flexibility index (Phi) is 3.55. The van der Waals surface area contributed by atoms with Gasteiger partial charge in [-0.15, -0.1) is 0 Å². The summed E-state index contributed by atoms with van der Waals surface area (Å²) in [6.45, 7) is 0. The normalized spacial score (nSPS) is 19.3. The Balaban J connectivity index is 2.09. The Morgan fingerprint density at radius 3 is 2.72 bits per heavy atom. The summed E-state index contributed by atoms with van der Waals surface area (Å²) in [6, 6.07) is 6.06. The first kappa shape index (κ1) is 12.4. The fraction of sp³-hybridized carbons (Fsp3) is 0.308. The third-order valence-corrected chi connectivity index (χ3v) is 4.93. The van der Waals surface area contributed by atoms with E-state index < -0.39 is 0 Å². The highest BCUT2D eigenvalue weighted by molar-refractivity contribution is 7.99. The molecular formula is C13H12Cl2N2S. The fourth-order valence-corrected chi connectivity index (χ4v) is 4.03. The zero-order valence-electron chi connectivity index (χ0n) is 9.64. The van der Waals surface area contributed by atoms with Crippen molar-refractivity contribution >= 4 is 35.0 Å². The van der Waals surface area contributed by atoms with Gasteiger partial charge in [-0.2, -0.15) is 11.8 Å². The lowest BCUT2D eigenvalue weighted by Crippen LogP contribution is -2.08. The van der Waals surface area contributed by atoms with Gasteiger partial charge in [-0.3, -0.25) is 0 Å². The second kappa shape index (κ2) is 5.16. The third-order valence-electron chi connectivity index (χ3n) is 3.15. The molecule has 1 fully saturated rings. The van der Waals surface area contributed by atoms with Crippen LogP contribution in [-0.2, 0) is 0 Å². The van der Waals surface area contributed by atoms with E-state index in [1.54, 1.807) is 0 Å². The van der Waals surface area contributed by atoms with E-state index in [1.807, 2.05) is 42.4 Å². The van der Waals surface area contributed by atoms with Crippen LogP contribution in [0.15, 0.2) is 30.6 Å². The maximum atomic E-state index is 6.26. The van der Waals surface area contributed by atoms with Gasteiger partial charge in [0, 0.05) is 24.2 Å². The van der Waals surface area contributed by atoms with E-state index in [0.717, 1.165) is 17.1 Å². The van der Waals surface area contributed by atoms with Gasteiger partial charge in [0.05, 0.1) is 15.6 Å². The van der Waals surface area contributed by atoms with Crippen molar-refractivity contribution in [2.75, 3.05) is 11.5 Å². The molecule has 1 aromatic heterocycles. The summed E-state index contributed by atoms with van der Waals surface area (Å²) < 4.78 is 2.20. The molecule has 0 unspecified atom stereocenters. The van der Waals surface area contributed by atoms with Gasteiger partial charge in [0.2, 0.25) is 0 Å². The largest absolute Gasteiger partial charge is 0.327 e. The molecule has 0 aliphatic carbocycles. The zero-order chi connectivity index (χ0) is 12.5. The van der Waals surface area contributed by atoms with Crippen LogP contribution in [0.25, 0.3) is 11.4 Å². The number of thioether (sulfide) groups is 1. The number of imidazole rings is 1. The summed E-state index contributed by atoms with van der Waals surface area (Å²) in [5, 5.41) is 1.31. The van der Waals surface area contributed by atoms with E-state index in [2.05, 4.69) is 9.55 Å². The van der Waals surface area contributed by atoms with Crippen molar-refractivity contribution in [2.24, 2.45) is 0 Å². The molecule has 1 atom stereocenters. The molecule has 2 aromatic rings. The number of nitrogens with zero attached hydrogens (tertiary/aromatic N) is 2. The van der Waals surface area contributed by atoms with Crippen LogP contribution in [0.1, 0.15) is 12.5 Å². The summed E-state index contributed by atoms with van der Waals surface area (Å²) in [7, 11) is 0. The second-order valence-electron chi connectivity index (χ2n) is 4.27. The maximum Gasteiger partial charge on any atom is 0.143 e. The Morgan fingerprint density at radius 1 is 1.28 bits per heavy atom. The van der Waals surface area contributed by atoms with Crippen LogP contribution in [0.4, 0.5) is 0 Å². The highest BCUT2D eigenvalue weighted by Crippen LogP contribution is 2.37. The van der Waals surface area contributed by atoms with Crippen LogP contribution in [0.3, 0.4) is 0 Å². The van der Waals surface area contributed by atoms with Crippen LogP contribution < -0.4 is 0 Å². The molecule has 0 bridgehead atoms. The van der Waals surface area contributed by atoms with Crippen molar-refractivity contribution in [3.63, 3.8) is 0 Å². The van der Waals surface area contributed by atoms with Crippen molar-refractivity contribution in [3.05, 3.63) is 40.6 Å². The van der Waals surface area contributed by atoms with E-state index >= 15 is 0 Å². The molecule has 0 amide bonds. The van der Waals surface area contributed by atoms with Gasteiger partial charge in [0.1, 0.15) is 5.82 Å². The number of aromatic nitrogens is 2. The highest BCUT2D eigenvalue weighted by Gasteiger charge is 2.22. The average Bonchev–Trinajstić information content (AvgIpc) is 2.98. The zero-order valence-corrected chi connectivity index (χ0v) is 12.0. The summed E-state index contributed by atoms with van der Waals surface area (Å²) in [5.41, 5.74) is 0.836. The Hall–Kier alpha value is -0.640. The van der Waals surface area contributed by atoms with Crippen molar-refractivity contribution < 1.29 is 0 Å². The van der Waals surface area contributed by atoms with E-state index in [4.69, 9.17) is 23.2 Å². The molecule has 18 heavy (non-hydrogen) atoms. The smallest absolute Gasteiger partial charge is 0.143 e. The SMILES string of the molecule is Clc1cccc(Cl)c1-c1nccn1[C@@H]1CCSC1. The molecule has 1 aliphatic heterocycles. The van der Waals surface area contributed by atoms with Gasteiger partial charge >= 0.3 is 0 Å². The maximum absolute atomic E-state index is 6.26. The minimum atomic E-state index is 0.500. The first-order chi connectivity index (χ1) is 8.77. The predicted octanol–water partition coefficient (Wildman–Crippen LogP) is 4.53.